The van der Waals surface area contributed by atoms with Gasteiger partial charge in [0.1, 0.15) is 16.7 Å². The van der Waals surface area contributed by atoms with Crippen LogP contribution < -0.4 is 0 Å². The maximum atomic E-state index is 6.40. The zero-order valence-electron chi connectivity index (χ0n) is 26.6. The van der Waals surface area contributed by atoms with E-state index in [4.69, 9.17) is 28.8 Å². The number of hydrogen-bond donors (Lipinski definition) is 0. The molecule has 0 spiro atoms. The fourth-order valence-electron chi connectivity index (χ4n) is 6.72. The van der Waals surface area contributed by atoms with E-state index in [0.29, 0.717) is 40.0 Å². The topological polar surface area (TPSA) is 77.8 Å². The highest BCUT2D eigenvalue weighted by molar-refractivity contribution is 6.18. The van der Waals surface area contributed by atoms with E-state index in [0.717, 1.165) is 54.9 Å². The van der Waals surface area contributed by atoms with Gasteiger partial charge in [-0.15, -0.1) is 0 Å². The summed E-state index contributed by atoms with van der Waals surface area (Å²) in [7, 11) is 0. The van der Waals surface area contributed by atoms with Crippen LogP contribution in [0.15, 0.2) is 167 Å². The van der Waals surface area contributed by atoms with Gasteiger partial charge in [0.25, 0.3) is 0 Å². The normalized spacial score (nSPS) is 11.6. The van der Waals surface area contributed by atoms with E-state index in [9.17, 15) is 0 Å². The van der Waals surface area contributed by atoms with Crippen molar-refractivity contribution in [1.29, 1.82) is 0 Å². The molecular formula is C44H26N4O2. The largest absolute Gasteiger partial charge is 0.456 e. The quantitative estimate of drug-likeness (QED) is 0.186. The molecule has 234 valence electrons. The Kier molecular flexibility index (Phi) is 6.39. The molecule has 0 atom stereocenters. The van der Waals surface area contributed by atoms with Gasteiger partial charge in [-0.3, -0.25) is 0 Å². The lowest BCUT2D eigenvalue weighted by atomic mass is 9.99. The molecule has 0 aliphatic carbocycles. The van der Waals surface area contributed by atoms with E-state index in [1.54, 1.807) is 0 Å². The molecule has 3 heterocycles. The SMILES string of the molecule is c1ccc(-c2ccc3ccc(-c4nc(-c5ccccc5)nc(-c5c6nc(-c7ccccc7)oc6cc6oc7ccccc7c56)n4)cc3c2)cc1. The molecule has 0 amide bonds. The molecule has 0 aliphatic heterocycles. The van der Waals surface area contributed by atoms with Crippen LogP contribution in [0.25, 0.3) is 101 Å². The summed E-state index contributed by atoms with van der Waals surface area (Å²) in [5.41, 5.74) is 8.39. The summed E-state index contributed by atoms with van der Waals surface area (Å²) < 4.78 is 12.8. The first kappa shape index (κ1) is 28.1. The van der Waals surface area contributed by atoms with E-state index < -0.39 is 0 Å². The second kappa shape index (κ2) is 11.4. The third kappa shape index (κ3) is 4.73. The van der Waals surface area contributed by atoms with E-state index in [-0.39, 0.29) is 0 Å². The second-order valence-electron chi connectivity index (χ2n) is 12.3. The molecule has 10 aromatic rings. The Morgan fingerprint density at radius 3 is 1.72 bits per heavy atom. The summed E-state index contributed by atoms with van der Waals surface area (Å²) in [6.45, 7) is 0. The number of benzene rings is 7. The number of aromatic nitrogens is 4. The summed E-state index contributed by atoms with van der Waals surface area (Å²) in [5.74, 6) is 2.13. The maximum absolute atomic E-state index is 6.40. The lowest BCUT2D eigenvalue weighted by Gasteiger charge is -2.11. The Labute approximate surface area is 286 Å². The number of para-hydroxylation sites is 1. The fourth-order valence-corrected chi connectivity index (χ4v) is 6.72. The van der Waals surface area contributed by atoms with Gasteiger partial charge in [0.2, 0.25) is 5.89 Å². The molecule has 0 saturated heterocycles. The number of furan rings is 1. The van der Waals surface area contributed by atoms with Crippen molar-refractivity contribution < 1.29 is 8.83 Å². The van der Waals surface area contributed by atoms with Crippen LogP contribution in [0.2, 0.25) is 0 Å². The van der Waals surface area contributed by atoms with Crippen molar-refractivity contribution in [3.05, 3.63) is 158 Å². The van der Waals surface area contributed by atoms with E-state index >= 15 is 0 Å². The third-order valence-electron chi connectivity index (χ3n) is 9.14. The van der Waals surface area contributed by atoms with E-state index in [2.05, 4.69) is 66.7 Å². The highest BCUT2D eigenvalue weighted by Gasteiger charge is 2.24. The Hall–Kier alpha value is -6.92. The first-order chi connectivity index (χ1) is 24.7. The molecule has 0 unspecified atom stereocenters. The van der Waals surface area contributed by atoms with Gasteiger partial charge in [0, 0.05) is 33.5 Å². The van der Waals surface area contributed by atoms with Crippen LogP contribution in [0, 0.1) is 0 Å². The summed E-state index contributed by atoms with van der Waals surface area (Å²) in [4.78, 5) is 20.5. The molecule has 6 nitrogen and oxygen atoms in total. The summed E-state index contributed by atoms with van der Waals surface area (Å²) in [6.07, 6.45) is 0. The molecule has 0 fully saturated rings. The van der Waals surface area contributed by atoms with Gasteiger partial charge in [-0.05, 0) is 52.2 Å². The molecule has 10 rings (SSSR count). The monoisotopic (exact) mass is 642 g/mol. The zero-order valence-corrected chi connectivity index (χ0v) is 26.6. The highest BCUT2D eigenvalue weighted by Crippen LogP contribution is 2.42. The summed E-state index contributed by atoms with van der Waals surface area (Å²) in [6, 6.07) is 53.1. The van der Waals surface area contributed by atoms with Gasteiger partial charge in [0.05, 0.1) is 5.56 Å². The van der Waals surface area contributed by atoms with Gasteiger partial charge in [-0.25, -0.2) is 19.9 Å². The number of oxazole rings is 1. The minimum Gasteiger partial charge on any atom is -0.456 e. The van der Waals surface area contributed by atoms with Crippen LogP contribution in [0.4, 0.5) is 0 Å². The van der Waals surface area contributed by atoms with Crippen molar-refractivity contribution in [2.24, 2.45) is 0 Å². The van der Waals surface area contributed by atoms with Gasteiger partial charge < -0.3 is 8.83 Å². The molecule has 50 heavy (non-hydrogen) atoms. The van der Waals surface area contributed by atoms with Crippen LogP contribution in [0.1, 0.15) is 0 Å². The zero-order chi connectivity index (χ0) is 33.0. The van der Waals surface area contributed by atoms with Crippen molar-refractivity contribution in [2.45, 2.75) is 0 Å². The van der Waals surface area contributed by atoms with Gasteiger partial charge in [-0.2, -0.15) is 0 Å². The molecule has 7 aromatic carbocycles. The minimum absolute atomic E-state index is 0.488. The molecule has 0 radical (unpaired) electrons. The Morgan fingerprint density at radius 2 is 0.960 bits per heavy atom. The highest BCUT2D eigenvalue weighted by atomic mass is 16.4. The van der Waals surface area contributed by atoms with Crippen LogP contribution in [-0.4, -0.2) is 19.9 Å². The predicted molar refractivity (Wildman–Crippen MR) is 199 cm³/mol. The standard InChI is InChI=1S/C44H26N4O2/c1-4-12-27(13-5-1)31-22-20-28-21-23-32(25-33(28)24-31)42-46-41(29-14-6-2-7-15-29)47-43(48-42)39-38-34-18-10-11-19-35(34)49-36(38)26-37-40(39)45-44(50-37)30-16-8-3-9-17-30/h1-26H. The molecule has 6 heteroatoms. The van der Waals surface area contributed by atoms with Crippen molar-refractivity contribution in [2.75, 3.05) is 0 Å². The molecule has 0 aliphatic rings. The number of nitrogens with zero attached hydrogens (tertiary/aromatic N) is 4. The molecule has 0 bridgehead atoms. The Bertz CT molecular complexity index is 2860. The Morgan fingerprint density at radius 1 is 0.360 bits per heavy atom. The van der Waals surface area contributed by atoms with Crippen molar-refractivity contribution in [1.82, 2.24) is 19.9 Å². The van der Waals surface area contributed by atoms with E-state index in [1.807, 2.05) is 91.0 Å². The van der Waals surface area contributed by atoms with Crippen molar-refractivity contribution in [3.63, 3.8) is 0 Å². The fraction of sp³-hybridized carbons (Fsp3) is 0. The molecule has 0 saturated carbocycles. The minimum atomic E-state index is 0.488. The predicted octanol–water partition coefficient (Wildman–Crippen LogP) is 11.4. The van der Waals surface area contributed by atoms with Crippen LogP contribution in [0.3, 0.4) is 0 Å². The lowest BCUT2D eigenvalue weighted by Crippen LogP contribution is -2.01. The number of fused-ring (bicyclic) bond motifs is 5. The van der Waals surface area contributed by atoms with Crippen molar-refractivity contribution in [3.8, 4) is 56.7 Å². The molecule has 3 aromatic heterocycles. The summed E-state index contributed by atoms with van der Waals surface area (Å²) >= 11 is 0. The smallest absolute Gasteiger partial charge is 0.227 e. The van der Waals surface area contributed by atoms with Gasteiger partial charge >= 0.3 is 0 Å². The number of rotatable bonds is 5. The third-order valence-corrected chi connectivity index (χ3v) is 9.14. The Balaban J connectivity index is 1.25. The van der Waals surface area contributed by atoms with E-state index in [1.165, 1.54) is 5.56 Å². The second-order valence-corrected chi connectivity index (χ2v) is 12.3. The average molecular weight is 643 g/mol. The van der Waals surface area contributed by atoms with Crippen molar-refractivity contribution >= 4 is 43.8 Å². The molecule has 0 N–H and O–H groups in total. The van der Waals surface area contributed by atoms with Crippen LogP contribution in [0.5, 0.6) is 0 Å². The van der Waals surface area contributed by atoms with Gasteiger partial charge in [0.15, 0.2) is 23.1 Å². The summed E-state index contributed by atoms with van der Waals surface area (Å²) in [5, 5.41) is 4.06. The maximum Gasteiger partial charge on any atom is 0.227 e. The lowest BCUT2D eigenvalue weighted by molar-refractivity contribution is 0.617. The number of hydrogen-bond acceptors (Lipinski definition) is 6. The van der Waals surface area contributed by atoms with Crippen LogP contribution >= 0.6 is 0 Å². The van der Waals surface area contributed by atoms with Crippen LogP contribution in [-0.2, 0) is 0 Å². The first-order valence-corrected chi connectivity index (χ1v) is 16.5. The first-order valence-electron chi connectivity index (χ1n) is 16.5. The van der Waals surface area contributed by atoms with Gasteiger partial charge in [-0.1, -0.05) is 121 Å². The average Bonchev–Trinajstić information content (AvgIpc) is 3.79. The molecular weight excluding hydrogens is 617 g/mol.